The van der Waals surface area contributed by atoms with E-state index in [9.17, 15) is 4.79 Å². The number of rotatable bonds is 4. The van der Waals surface area contributed by atoms with Gasteiger partial charge in [0.1, 0.15) is 11.3 Å². The third kappa shape index (κ3) is 3.01. The van der Waals surface area contributed by atoms with Gasteiger partial charge in [-0.3, -0.25) is 9.78 Å². The molecule has 0 aliphatic carbocycles. The third-order valence-electron chi connectivity index (χ3n) is 4.83. The van der Waals surface area contributed by atoms with E-state index in [4.69, 9.17) is 9.15 Å². The number of methoxy groups -OCH3 is 1. The monoisotopic (exact) mass is 360 g/mol. The van der Waals surface area contributed by atoms with Crippen LogP contribution < -0.4 is 4.74 Å². The van der Waals surface area contributed by atoms with Crippen molar-refractivity contribution in [2.24, 2.45) is 0 Å². The van der Waals surface area contributed by atoms with Gasteiger partial charge >= 0.3 is 0 Å². The maximum Gasteiger partial charge on any atom is 0.289 e. The van der Waals surface area contributed by atoms with Crippen molar-refractivity contribution < 1.29 is 13.9 Å². The first-order chi connectivity index (χ1) is 13.1. The van der Waals surface area contributed by atoms with Crippen molar-refractivity contribution in [2.45, 2.75) is 13.5 Å². The van der Waals surface area contributed by atoms with Crippen molar-refractivity contribution in [1.82, 2.24) is 9.88 Å². The molecule has 27 heavy (non-hydrogen) atoms. The molecule has 0 bridgehead atoms. The van der Waals surface area contributed by atoms with Crippen LogP contribution in [0.1, 0.15) is 21.7 Å². The smallest absolute Gasteiger partial charge is 0.289 e. The molecule has 5 heteroatoms. The number of ether oxygens (including phenoxy) is 1. The summed E-state index contributed by atoms with van der Waals surface area (Å²) in [5, 5.41) is 1.97. The molecule has 0 fully saturated rings. The first-order valence-electron chi connectivity index (χ1n) is 8.73. The average molecular weight is 360 g/mol. The Kier molecular flexibility index (Phi) is 4.28. The Hall–Kier alpha value is -3.34. The molecule has 0 unspecified atom stereocenters. The lowest BCUT2D eigenvalue weighted by atomic mass is 10.1. The van der Waals surface area contributed by atoms with Crippen molar-refractivity contribution in [2.75, 3.05) is 14.2 Å². The number of hydrogen-bond donors (Lipinski definition) is 0. The highest BCUT2D eigenvalue weighted by molar-refractivity contribution is 5.99. The van der Waals surface area contributed by atoms with Gasteiger partial charge in [0.2, 0.25) is 0 Å². The van der Waals surface area contributed by atoms with E-state index in [1.165, 1.54) is 0 Å². The molecule has 0 spiro atoms. The van der Waals surface area contributed by atoms with E-state index in [1.54, 1.807) is 31.3 Å². The number of amides is 1. The molecular weight excluding hydrogens is 340 g/mol. The predicted molar refractivity (Wildman–Crippen MR) is 105 cm³/mol. The second kappa shape index (κ2) is 6.76. The van der Waals surface area contributed by atoms with Gasteiger partial charge in [-0.05, 0) is 36.8 Å². The predicted octanol–water partition coefficient (Wildman–Crippen LogP) is 4.57. The number of furan rings is 1. The fourth-order valence-corrected chi connectivity index (χ4v) is 3.34. The SMILES string of the molecule is COc1ccc2c(C)c(C(=O)N(C)Cc3cccc4ncccc34)oc2c1. The third-order valence-corrected chi connectivity index (χ3v) is 4.83. The first kappa shape index (κ1) is 17.1. The van der Waals surface area contributed by atoms with Crippen molar-refractivity contribution >= 4 is 27.8 Å². The summed E-state index contributed by atoms with van der Waals surface area (Å²) >= 11 is 0. The Morgan fingerprint density at radius 1 is 1.15 bits per heavy atom. The molecule has 2 aromatic carbocycles. The van der Waals surface area contributed by atoms with E-state index < -0.39 is 0 Å². The van der Waals surface area contributed by atoms with Gasteiger partial charge in [-0.1, -0.05) is 18.2 Å². The first-order valence-corrected chi connectivity index (χ1v) is 8.73. The van der Waals surface area contributed by atoms with Crippen LogP contribution in [0.2, 0.25) is 0 Å². The summed E-state index contributed by atoms with van der Waals surface area (Å²) in [4.78, 5) is 19.1. The van der Waals surface area contributed by atoms with Crippen LogP contribution in [0, 0.1) is 6.92 Å². The molecule has 2 aromatic heterocycles. The summed E-state index contributed by atoms with van der Waals surface area (Å²) in [5.41, 5.74) is 3.46. The fourth-order valence-electron chi connectivity index (χ4n) is 3.34. The highest BCUT2D eigenvalue weighted by Gasteiger charge is 2.22. The summed E-state index contributed by atoms with van der Waals surface area (Å²) in [6, 6.07) is 15.5. The minimum atomic E-state index is -0.149. The van der Waals surface area contributed by atoms with Crippen LogP contribution in [0.3, 0.4) is 0 Å². The lowest BCUT2D eigenvalue weighted by Crippen LogP contribution is -2.26. The van der Waals surface area contributed by atoms with E-state index in [0.717, 1.165) is 27.4 Å². The Morgan fingerprint density at radius 2 is 2.00 bits per heavy atom. The van der Waals surface area contributed by atoms with E-state index in [1.807, 2.05) is 49.4 Å². The number of carbonyl (C=O) groups excluding carboxylic acids is 1. The fraction of sp³-hybridized carbons (Fsp3) is 0.182. The molecule has 0 N–H and O–H groups in total. The molecule has 0 saturated heterocycles. The molecule has 0 atom stereocenters. The van der Waals surface area contributed by atoms with Crippen LogP contribution in [0.4, 0.5) is 0 Å². The highest BCUT2D eigenvalue weighted by atomic mass is 16.5. The van der Waals surface area contributed by atoms with Gasteiger partial charge in [0.15, 0.2) is 5.76 Å². The van der Waals surface area contributed by atoms with Crippen LogP contribution in [0.15, 0.2) is 59.1 Å². The number of fused-ring (bicyclic) bond motifs is 2. The van der Waals surface area contributed by atoms with Crippen molar-refractivity contribution in [1.29, 1.82) is 0 Å². The Labute approximate surface area is 157 Å². The summed E-state index contributed by atoms with van der Waals surface area (Å²) in [7, 11) is 3.39. The minimum Gasteiger partial charge on any atom is -0.497 e. The van der Waals surface area contributed by atoms with Gasteiger partial charge in [0, 0.05) is 42.2 Å². The molecule has 0 aliphatic heterocycles. The summed E-state index contributed by atoms with van der Waals surface area (Å²) in [5.74, 6) is 0.912. The van der Waals surface area contributed by atoms with Crippen LogP contribution in [0.5, 0.6) is 5.75 Å². The van der Waals surface area contributed by atoms with Gasteiger partial charge in [-0.25, -0.2) is 0 Å². The lowest BCUT2D eigenvalue weighted by molar-refractivity contribution is 0.0755. The quantitative estimate of drug-likeness (QED) is 0.535. The summed E-state index contributed by atoms with van der Waals surface area (Å²) in [6.45, 7) is 2.38. The van der Waals surface area contributed by atoms with Crippen molar-refractivity contribution in [3.63, 3.8) is 0 Å². The zero-order chi connectivity index (χ0) is 19.0. The van der Waals surface area contributed by atoms with Crippen molar-refractivity contribution in [3.8, 4) is 5.75 Å². The zero-order valence-corrected chi connectivity index (χ0v) is 15.5. The van der Waals surface area contributed by atoms with Crippen LogP contribution in [-0.4, -0.2) is 29.9 Å². The number of aromatic nitrogens is 1. The van der Waals surface area contributed by atoms with Gasteiger partial charge < -0.3 is 14.1 Å². The highest BCUT2D eigenvalue weighted by Crippen LogP contribution is 2.29. The number of hydrogen-bond acceptors (Lipinski definition) is 4. The molecule has 0 aliphatic rings. The number of benzene rings is 2. The van der Waals surface area contributed by atoms with Crippen LogP contribution >= 0.6 is 0 Å². The normalized spacial score (nSPS) is 11.1. The maximum atomic E-state index is 13.0. The number of carbonyl (C=O) groups is 1. The second-order valence-electron chi connectivity index (χ2n) is 6.57. The molecule has 1 amide bonds. The Bertz CT molecular complexity index is 1140. The van der Waals surface area contributed by atoms with Gasteiger partial charge in [-0.15, -0.1) is 0 Å². The number of pyridine rings is 1. The summed E-state index contributed by atoms with van der Waals surface area (Å²) < 4.78 is 11.1. The minimum absolute atomic E-state index is 0.149. The van der Waals surface area contributed by atoms with Gasteiger partial charge in [0.05, 0.1) is 12.6 Å². The Balaban J connectivity index is 1.66. The zero-order valence-electron chi connectivity index (χ0n) is 15.5. The summed E-state index contributed by atoms with van der Waals surface area (Å²) in [6.07, 6.45) is 1.77. The largest absolute Gasteiger partial charge is 0.497 e. The molecule has 0 saturated carbocycles. The second-order valence-corrected chi connectivity index (χ2v) is 6.57. The molecule has 4 aromatic rings. The number of aryl methyl sites for hydroxylation is 1. The topological polar surface area (TPSA) is 55.6 Å². The van der Waals surface area contributed by atoms with E-state index in [-0.39, 0.29) is 5.91 Å². The molecule has 2 heterocycles. The van der Waals surface area contributed by atoms with Gasteiger partial charge in [0.25, 0.3) is 5.91 Å². The molecule has 0 radical (unpaired) electrons. The molecular formula is C22H20N2O3. The Morgan fingerprint density at radius 3 is 2.81 bits per heavy atom. The van der Waals surface area contributed by atoms with Crippen LogP contribution in [0.25, 0.3) is 21.9 Å². The lowest BCUT2D eigenvalue weighted by Gasteiger charge is -2.17. The van der Waals surface area contributed by atoms with E-state index in [0.29, 0.717) is 23.6 Å². The number of nitrogens with zero attached hydrogens (tertiary/aromatic N) is 2. The van der Waals surface area contributed by atoms with E-state index >= 15 is 0 Å². The van der Waals surface area contributed by atoms with Crippen molar-refractivity contribution in [3.05, 3.63) is 71.6 Å². The standard InChI is InChI=1S/C22H20N2O3/c1-14-17-10-9-16(26-3)12-20(17)27-21(14)22(25)24(2)13-15-6-4-8-19-18(15)7-5-11-23-19/h4-12H,13H2,1-3H3. The van der Waals surface area contributed by atoms with Gasteiger partial charge in [-0.2, -0.15) is 0 Å². The van der Waals surface area contributed by atoms with Crippen LogP contribution in [-0.2, 0) is 6.54 Å². The maximum absolute atomic E-state index is 13.0. The molecule has 136 valence electrons. The van der Waals surface area contributed by atoms with E-state index in [2.05, 4.69) is 4.98 Å². The average Bonchev–Trinajstić information content (AvgIpc) is 3.03. The molecule has 4 rings (SSSR count). The molecule has 5 nitrogen and oxygen atoms in total.